The second kappa shape index (κ2) is 7.92. The zero-order chi connectivity index (χ0) is 14.3. The van der Waals surface area contributed by atoms with Crippen molar-refractivity contribution in [1.29, 1.82) is 0 Å². The van der Waals surface area contributed by atoms with Gasteiger partial charge in [-0.1, -0.05) is 13.8 Å². The van der Waals surface area contributed by atoms with Gasteiger partial charge in [-0.25, -0.2) is 9.59 Å². The lowest BCUT2D eigenvalue weighted by molar-refractivity contribution is -0.139. The number of carboxylic acids is 1. The molecule has 0 radical (unpaired) electrons. The third-order valence-corrected chi connectivity index (χ3v) is 2.75. The van der Waals surface area contributed by atoms with E-state index in [-0.39, 0.29) is 12.0 Å². The lowest BCUT2D eigenvalue weighted by Gasteiger charge is -2.21. The molecule has 2 atom stereocenters. The average Bonchev–Trinajstić information content (AvgIpc) is 2.23. The van der Waals surface area contributed by atoms with Gasteiger partial charge in [-0.3, -0.25) is 0 Å². The monoisotopic (exact) mass is 259 g/mol. The SMILES string of the molecule is CC(C)C[C@H](NC(=O)NCC(C)N(C)C)C(=O)O. The molecule has 0 heterocycles. The van der Waals surface area contributed by atoms with E-state index in [1.807, 2.05) is 39.8 Å². The minimum atomic E-state index is -1.00. The first-order chi connectivity index (χ1) is 8.23. The Morgan fingerprint density at radius 1 is 1.22 bits per heavy atom. The van der Waals surface area contributed by atoms with Gasteiger partial charge in [0.1, 0.15) is 6.04 Å². The van der Waals surface area contributed by atoms with Crippen LogP contribution in [-0.4, -0.2) is 54.7 Å². The van der Waals surface area contributed by atoms with Crippen molar-refractivity contribution < 1.29 is 14.7 Å². The number of aliphatic carboxylic acids is 1. The fourth-order valence-electron chi connectivity index (χ4n) is 1.33. The van der Waals surface area contributed by atoms with Crippen molar-refractivity contribution in [2.75, 3.05) is 20.6 Å². The van der Waals surface area contributed by atoms with E-state index in [0.29, 0.717) is 13.0 Å². The molecule has 0 saturated heterocycles. The molecule has 0 spiro atoms. The van der Waals surface area contributed by atoms with Crippen molar-refractivity contribution in [2.24, 2.45) is 5.92 Å². The van der Waals surface area contributed by atoms with E-state index in [9.17, 15) is 9.59 Å². The number of carbonyl (C=O) groups is 2. The predicted octanol–water partition coefficient (Wildman–Crippen LogP) is 0.735. The first kappa shape index (κ1) is 16.7. The van der Waals surface area contributed by atoms with Crippen molar-refractivity contribution in [1.82, 2.24) is 15.5 Å². The molecule has 0 rings (SSSR count). The van der Waals surface area contributed by atoms with Crippen LogP contribution in [0.3, 0.4) is 0 Å². The van der Waals surface area contributed by atoms with Gasteiger partial charge in [-0.2, -0.15) is 0 Å². The maximum atomic E-state index is 11.6. The number of carboxylic acid groups (broad SMARTS) is 1. The summed E-state index contributed by atoms with van der Waals surface area (Å²) in [5.41, 5.74) is 0. The Morgan fingerprint density at radius 2 is 1.78 bits per heavy atom. The summed E-state index contributed by atoms with van der Waals surface area (Å²) >= 11 is 0. The number of hydrogen-bond donors (Lipinski definition) is 3. The zero-order valence-electron chi connectivity index (χ0n) is 11.9. The third-order valence-electron chi connectivity index (χ3n) is 2.75. The zero-order valence-corrected chi connectivity index (χ0v) is 11.9. The van der Waals surface area contributed by atoms with Crippen LogP contribution >= 0.6 is 0 Å². The lowest BCUT2D eigenvalue weighted by Crippen LogP contribution is -2.49. The Kier molecular flexibility index (Phi) is 7.35. The minimum absolute atomic E-state index is 0.198. The normalized spacial score (nSPS) is 14.4. The molecule has 0 aromatic carbocycles. The first-order valence-electron chi connectivity index (χ1n) is 6.17. The van der Waals surface area contributed by atoms with Crippen LogP contribution < -0.4 is 10.6 Å². The van der Waals surface area contributed by atoms with E-state index in [0.717, 1.165) is 0 Å². The molecule has 0 saturated carbocycles. The van der Waals surface area contributed by atoms with Crippen LogP contribution in [0.1, 0.15) is 27.2 Å². The molecular weight excluding hydrogens is 234 g/mol. The summed E-state index contributed by atoms with van der Waals surface area (Å²) in [6, 6.07) is -1.07. The molecule has 0 fully saturated rings. The highest BCUT2D eigenvalue weighted by Crippen LogP contribution is 2.04. The van der Waals surface area contributed by atoms with Gasteiger partial charge in [0.15, 0.2) is 0 Å². The molecule has 2 amide bonds. The second-order valence-corrected chi connectivity index (χ2v) is 5.19. The van der Waals surface area contributed by atoms with Gasteiger partial charge in [0.2, 0.25) is 0 Å². The predicted molar refractivity (Wildman–Crippen MR) is 70.6 cm³/mol. The van der Waals surface area contributed by atoms with Crippen molar-refractivity contribution in [3.8, 4) is 0 Å². The molecule has 106 valence electrons. The molecule has 6 heteroatoms. The highest BCUT2D eigenvalue weighted by Gasteiger charge is 2.21. The highest BCUT2D eigenvalue weighted by atomic mass is 16.4. The molecule has 6 nitrogen and oxygen atoms in total. The molecule has 0 aromatic rings. The van der Waals surface area contributed by atoms with Crippen molar-refractivity contribution >= 4 is 12.0 Å². The molecule has 1 unspecified atom stereocenters. The van der Waals surface area contributed by atoms with E-state index < -0.39 is 18.0 Å². The van der Waals surface area contributed by atoms with E-state index in [1.165, 1.54) is 0 Å². The highest BCUT2D eigenvalue weighted by molar-refractivity contribution is 5.82. The molecule has 0 aliphatic rings. The van der Waals surface area contributed by atoms with Crippen LogP contribution in [0.2, 0.25) is 0 Å². The smallest absolute Gasteiger partial charge is 0.326 e. The number of carbonyl (C=O) groups excluding carboxylic acids is 1. The van der Waals surface area contributed by atoms with E-state index in [1.54, 1.807) is 0 Å². The Morgan fingerprint density at radius 3 is 2.17 bits per heavy atom. The number of hydrogen-bond acceptors (Lipinski definition) is 3. The lowest BCUT2D eigenvalue weighted by atomic mass is 10.0. The Labute approximate surface area is 109 Å². The third kappa shape index (κ3) is 7.11. The molecule has 0 bridgehead atoms. The summed E-state index contributed by atoms with van der Waals surface area (Å²) in [6.07, 6.45) is 0.423. The van der Waals surface area contributed by atoms with Gasteiger partial charge in [0.25, 0.3) is 0 Å². The maximum Gasteiger partial charge on any atom is 0.326 e. The van der Waals surface area contributed by atoms with Crippen LogP contribution in [0.15, 0.2) is 0 Å². The van der Waals surface area contributed by atoms with Crippen LogP contribution in [0.4, 0.5) is 4.79 Å². The summed E-state index contributed by atoms with van der Waals surface area (Å²) in [6.45, 7) is 6.29. The van der Waals surface area contributed by atoms with Gasteiger partial charge in [-0.05, 0) is 33.4 Å². The van der Waals surface area contributed by atoms with Gasteiger partial charge >= 0.3 is 12.0 Å². The van der Waals surface area contributed by atoms with E-state index >= 15 is 0 Å². The van der Waals surface area contributed by atoms with Crippen LogP contribution in [0.25, 0.3) is 0 Å². The number of amides is 2. The number of nitrogens with zero attached hydrogens (tertiary/aromatic N) is 1. The Hall–Kier alpha value is -1.30. The fourth-order valence-corrected chi connectivity index (χ4v) is 1.33. The molecule has 0 aromatic heterocycles. The topological polar surface area (TPSA) is 81.7 Å². The first-order valence-corrected chi connectivity index (χ1v) is 6.17. The number of rotatable bonds is 7. The van der Waals surface area contributed by atoms with Crippen LogP contribution in [-0.2, 0) is 4.79 Å². The summed E-state index contributed by atoms with van der Waals surface area (Å²) < 4.78 is 0. The molecule has 18 heavy (non-hydrogen) atoms. The second-order valence-electron chi connectivity index (χ2n) is 5.19. The summed E-state index contributed by atoms with van der Waals surface area (Å²) in [5, 5.41) is 14.1. The van der Waals surface area contributed by atoms with Gasteiger partial charge < -0.3 is 20.6 Å². The van der Waals surface area contributed by atoms with Crippen molar-refractivity contribution in [3.63, 3.8) is 0 Å². The molecular formula is C12H25N3O3. The largest absolute Gasteiger partial charge is 0.480 e. The fraction of sp³-hybridized carbons (Fsp3) is 0.833. The van der Waals surface area contributed by atoms with Crippen LogP contribution in [0.5, 0.6) is 0 Å². The minimum Gasteiger partial charge on any atom is -0.480 e. The quantitative estimate of drug-likeness (QED) is 0.629. The summed E-state index contributed by atoms with van der Waals surface area (Å²) in [7, 11) is 3.84. The molecule has 3 N–H and O–H groups in total. The number of likely N-dealkylation sites (N-methyl/N-ethyl adjacent to an activating group) is 1. The summed E-state index contributed by atoms with van der Waals surface area (Å²) in [4.78, 5) is 24.5. The van der Waals surface area contributed by atoms with Crippen molar-refractivity contribution in [2.45, 2.75) is 39.3 Å². The van der Waals surface area contributed by atoms with Gasteiger partial charge in [-0.15, -0.1) is 0 Å². The van der Waals surface area contributed by atoms with E-state index in [2.05, 4.69) is 10.6 Å². The van der Waals surface area contributed by atoms with E-state index in [4.69, 9.17) is 5.11 Å². The standard InChI is InChI=1S/C12H25N3O3/c1-8(2)6-10(11(16)17)14-12(18)13-7-9(3)15(4)5/h8-10H,6-7H2,1-5H3,(H,16,17)(H2,13,14,18)/t9?,10-/m0/s1. The Bertz CT molecular complexity index is 280. The molecule has 0 aliphatic carbocycles. The number of nitrogens with one attached hydrogen (secondary N) is 2. The summed E-state index contributed by atoms with van der Waals surface area (Å²) in [5.74, 6) is -0.786. The van der Waals surface area contributed by atoms with Gasteiger partial charge in [0, 0.05) is 12.6 Å². The maximum absolute atomic E-state index is 11.6. The molecule has 0 aliphatic heterocycles. The number of urea groups is 1. The van der Waals surface area contributed by atoms with Crippen molar-refractivity contribution in [3.05, 3.63) is 0 Å². The van der Waals surface area contributed by atoms with Crippen LogP contribution in [0, 0.1) is 5.92 Å². The van der Waals surface area contributed by atoms with Gasteiger partial charge in [0.05, 0.1) is 0 Å². The Balaban J connectivity index is 4.14. The average molecular weight is 259 g/mol.